The Hall–Kier alpha value is -5.09. The van der Waals surface area contributed by atoms with Crippen molar-refractivity contribution in [1.82, 2.24) is 10.2 Å². The monoisotopic (exact) mass is 654 g/mol. The average molecular weight is 655 g/mol. The third-order valence-corrected chi connectivity index (χ3v) is 10.8. The number of nitrogens with zero attached hydrogens (tertiary/aromatic N) is 1. The molecule has 1 aliphatic rings. The van der Waals surface area contributed by atoms with Crippen molar-refractivity contribution in [2.24, 2.45) is 0 Å². The van der Waals surface area contributed by atoms with Crippen LogP contribution >= 0.6 is 10.8 Å². The smallest absolute Gasteiger partial charge is 0.364 e. The Morgan fingerprint density at radius 3 is 1.98 bits per heavy atom. The summed E-state index contributed by atoms with van der Waals surface area (Å²) in [6.07, 6.45) is -0.845. The summed E-state index contributed by atoms with van der Waals surface area (Å²) in [5.74, 6) is -1.89. The molecule has 0 aromatic heterocycles. The number of carbonyl (C=O) groups is 3. The molecule has 9 nitrogen and oxygen atoms in total. The van der Waals surface area contributed by atoms with Gasteiger partial charge in [0, 0.05) is 10.8 Å². The van der Waals surface area contributed by atoms with Crippen molar-refractivity contribution in [3.63, 3.8) is 0 Å². The van der Waals surface area contributed by atoms with Crippen molar-refractivity contribution >= 4 is 37.4 Å². The number of esters is 1. The van der Waals surface area contributed by atoms with Gasteiger partial charge in [0.15, 0.2) is 18.4 Å². The van der Waals surface area contributed by atoms with Crippen LogP contribution in [0.1, 0.15) is 22.8 Å². The first-order valence-corrected chi connectivity index (χ1v) is 17.1. The van der Waals surface area contributed by atoms with Gasteiger partial charge in [-0.1, -0.05) is 109 Å². The summed E-state index contributed by atoms with van der Waals surface area (Å²) in [6, 6.07) is 31.6. The minimum atomic E-state index is -4.07. The highest BCUT2D eigenvalue weighted by Crippen LogP contribution is 2.40. The Morgan fingerprint density at radius 1 is 0.891 bits per heavy atom. The van der Waals surface area contributed by atoms with E-state index in [2.05, 4.69) is 17.6 Å². The number of benzene rings is 4. The number of β-lactam (4-membered cyclic amide) rings is 1. The van der Waals surface area contributed by atoms with Gasteiger partial charge in [0.1, 0.15) is 17.2 Å². The predicted octanol–water partition coefficient (Wildman–Crippen LogP) is 5.15. The first-order valence-electron chi connectivity index (χ1n) is 14.2. The third-order valence-electron chi connectivity index (χ3n) is 7.04. The summed E-state index contributed by atoms with van der Waals surface area (Å²) < 4.78 is 38.4. The first kappa shape index (κ1) is 32.3. The maximum atomic E-state index is 13.7. The third kappa shape index (κ3) is 7.40. The van der Waals surface area contributed by atoms with Gasteiger partial charge >= 0.3 is 5.97 Å². The van der Waals surface area contributed by atoms with E-state index in [9.17, 15) is 22.8 Å². The van der Waals surface area contributed by atoms with Gasteiger partial charge in [-0.05, 0) is 42.3 Å². The van der Waals surface area contributed by atoms with Crippen LogP contribution in [0.15, 0.2) is 138 Å². The van der Waals surface area contributed by atoms with Crippen molar-refractivity contribution in [3.8, 4) is 5.75 Å². The van der Waals surface area contributed by atoms with E-state index in [0.717, 1.165) is 10.5 Å². The standard InChI is InChI=1S/C35H30N2O7S2/c1-3-29(35(40)44-32(25-13-7-4-8-14-25)26-15-9-5-10-16-26)37-33(39)31(36-30(38)23-43-27-17-11-6-12-18-27)34(37)45-46(41,42)28-21-19-24(2)20-22-28/h4-22,31-32,34H,1,23H2,2H3,(H,36,38). The summed E-state index contributed by atoms with van der Waals surface area (Å²) in [6.45, 7) is 5.00. The molecule has 1 N–H and O–H groups in total. The summed E-state index contributed by atoms with van der Waals surface area (Å²) in [5, 5.41) is 1.31. The number of ether oxygens (including phenoxy) is 2. The van der Waals surface area contributed by atoms with E-state index in [0.29, 0.717) is 27.7 Å². The van der Waals surface area contributed by atoms with Crippen LogP contribution in [0.2, 0.25) is 0 Å². The van der Waals surface area contributed by atoms with Crippen molar-refractivity contribution in [2.45, 2.75) is 29.3 Å². The minimum Gasteiger partial charge on any atom is -0.484 e. The fraction of sp³-hybridized carbons (Fsp3) is 0.143. The van der Waals surface area contributed by atoms with Crippen LogP contribution in [0.25, 0.3) is 0 Å². The van der Waals surface area contributed by atoms with Crippen LogP contribution < -0.4 is 10.1 Å². The molecule has 1 saturated heterocycles. The molecule has 4 aromatic carbocycles. The van der Waals surface area contributed by atoms with E-state index in [1.165, 1.54) is 12.1 Å². The fourth-order valence-electron chi connectivity index (χ4n) is 4.71. The lowest BCUT2D eigenvalue weighted by molar-refractivity contribution is -0.154. The second kappa shape index (κ2) is 14.3. The number of carbonyl (C=O) groups excluding carboxylic acids is 3. The van der Waals surface area contributed by atoms with Crippen LogP contribution in [0, 0.1) is 6.92 Å². The molecule has 46 heavy (non-hydrogen) atoms. The molecule has 234 valence electrons. The number of nitrogens with one attached hydrogen (secondary N) is 1. The quantitative estimate of drug-likeness (QED) is 0.0733. The SMILES string of the molecule is C=C=C(C(=O)OC(c1ccccc1)c1ccccc1)N1C(=O)C(NC(=O)COc2ccccc2)C1SS(=O)(=O)c1ccc(C)cc1. The molecule has 2 atom stereocenters. The number of hydrogen-bond donors (Lipinski definition) is 1. The predicted molar refractivity (Wildman–Crippen MR) is 174 cm³/mol. The Kier molecular flexibility index (Phi) is 10.1. The maximum Gasteiger partial charge on any atom is 0.364 e. The summed E-state index contributed by atoms with van der Waals surface area (Å²) in [7, 11) is -3.65. The van der Waals surface area contributed by atoms with E-state index >= 15 is 0 Å². The summed E-state index contributed by atoms with van der Waals surface area (Å²) in [4.78, 5) is 41.0. The van der Waals surface area contributed by atoms with E-state index in [-0.39, 0.29) is 10.6 Å². The normalized spacial score (nSPS) is 15.8. The lowest BCUT2D eigenvalue weighted by Gasteiger charge is -2.45. The largest absolute Gasteiger partial charge is 0.484 e. The highest BCUT2D eigenvalue weighted by Gasteiger charge is 2.54. The highest BCUT2D eigenvalue weighted by molar-refractivity contribution is 8.72. The number of aryl methyl sites for hydroxylation is 1. The Balaban J connectivity index is 1.40. The maximum absolute atomic E-state index is 13.7. The lowest BCUT2D eigenvalue weighted by Crippen LogP contribution is -2.69. The van der Waals surface area contributed by atoms with E-state index in [1.54, 1.807) is 91.0 Å². The second-order valence-corrected chi connectivity index (χ2v) is 14.2. The van der Waals surface area contributed by atoms with Crippen LogP contribution in [0.3, 0.4) is 0 Å². The number of rotatable bonds is 12. The van der Waals surface area contributed by atoms with E-state index in [4.69, 9.17) is 9.47 Å². The van der Waals surface area contributed by atoms with Gasteiger partial charge in [0.05, 0.1) is 4.90 Å². The van der Waals surface area contributed by atoms with Crippen molar-refractivity contribution in [3.05, 3.63) is 150 Å². The number of hydrogen-bond acceptors (Lipinski definition) is 8. The molecular weight excluding hydrogens is 625 g/mol. The molecule has 0 saturated carbocycles. The molecule has 4 aromatic rings. The number of para-hydroxylation sites is 1. The molecule has 11 heteroatoms. The second-order valence-electron chi connectivity index (χ2n) is 10.2. The Labute approximate surface area is 270 Å². The molecule has 1 heterocycles. The highest BCUT2D eigenvalue weighted by atomic mass is 33.1. The first-order chi connectivity index (χ1) is 22.2. The molecule has 0 radical (unpaired) electrons. The zero-order chi connectivity index (χ0) is 32.7. The zero-order valence-corrected chi connectivity index (χ0v) is 26.4. The van der Waals surface area contributed by atoms with Gasteiger partial charge in [-0.3, -0.25) is 14.5 Å². The molecule has 0 bridgehead atoms. The molecule has 0 spiro atoms. The van der Waals surface area contributed by atoms with E-state index in [1.807, 2.05) is 19.1 Å². The van der Waals surface area contributed by atoms with Gasteiger partial charge in [0.2, 0.25) is 8.87 Å². The van der Waals surface area contributed by atoms with Gasteiger partial charge in [-0.15, -0.1) is 0 Å². The minimum absolute atomic E-state index is 0.000171. The van der Waals surface area contributed by atoms with Crippen LogP contribution in [-0.4, -0.2) is 49.1 Å². The molecule has 5 rings (SSSR count). The molecule has 2 amide bonds. The number of likely N-dealkylation sites (tertiary alicyclic amines) is 1. The molecule has 2 unspecified atom stereocenters. The van der Waals surface area contributed by atoms with Gasteiger partial charge in [-0.2, -0.15) is 0 Å². The summed E-state index contributed by atoms with van der Waals surface area (Å²) in [5.41, 5.74) is 4.31. The van der Waals surface area contributed by atoms with Crippen molar-refractivity contribution in [1.29, 1.82) is 0 Å². The Morgan fingerprint density at radius 2 is 1.43 bits per heavy atom. The van der Waals surface area contributed by atoms with Crippen molar-refractivity contribution < 1.29 is 32.3 Å². The van der Waals surface area contributed by atoms with Crippen LogP contribution in [0.5, 0.6) is 5.75 Å². The summed E-state index contributed by atoms with van der Waals surface area (Å²) >= 11 is 0. The van der Waals surface area contributed by atoms with Gasteiger partial charge < -0.3 is 14.8 Å². The Bertz CT molecular complexity index is 1820. The topological polar surface area (TPSA) is 119 Å². The fourth-order valence-corrected chi connectivity index (χ4v) is 8.17. The van der Waals surface area contributed by atoms with Crippen molar-refractivity contribution in [2.75, 3.05) is 6.61 Å². The molecule has 0 aliphatic carbocycles. The molecule has 1 fully saturated rings. The van der Waals surface area contributed by atoms with Crippen LogP contribution in [0.4, 0.5) is 0 Å². The van der Waals surface area contributed by atoms with Crippen LogP contribution in [-0.2, 0) is 28.0 Å². The number of amides is 2. The zero-order valence-electron chi connectivity index (χ0n) is 24.7. The van der Waals surface area contributed by atoms with Gasteiger partial charge in [-0.25, -0.2) is 13.2 Å². The van der Waals surface area contributed by atoms with E-state index < -0.39 is 50.8 Å². The van der Waals surface area contributed by atoms with Gasteiger partial charge in [0.25, 0.3) is 11.8 Å². The average Bonchev–Trinajstić information content (AvgIpc) is 3.08. The lowest BCUT2D eigenvalue weighted by atomic mass is 10.0. The molecular formula is C35H30N2O7S2. The molecule has 1 aliphatic heterocycles.